The molecule has 1 aromatic heterocycles. The average Bonchev–Trinajstić information content (AvgIpc) is 2.76. The second kappa shape index (κ2) is 4.37. The highest BCUT2D eigenvalue weighted by Gasteiger charge is 2.29. The van der Waals surface area contributed by atoms with Gasteiger partial charge in [0.05, 0.1) is 6.61 Å². The van der Waals surface area contributed by atoms with Crippen LogP contribution < -0.4 is 5.73 Å². The third kappa shape index (κ3) is 2.83. The summed E-state index contributed by atoms with van der Waals surface area (Å²) in [6, 6.07) is 3.90. The van der Waals surface area contributed by atoms with E-state index in [9.17, 15) is 0 Å². The topological polar surface area (TPSA) is 48.4 Å². The third-order valence-electron chi connectivity index (χ3n) is 3.03. The Labute approximate surface area is 90.6 Å². The Bertz CT molecular complexity index is 313. The number of furan rings is 1. The SMILES string of the molecule is Cc1ccc(COCC2(N)CCCC2)o1. The van der Waals surface area contributed by atoms with E-state index in [4.69, 9.17) is 14.9 Å². The largest absolute Gasteiger partial charge is 0.464 e. The first-order valence-corrected chi connectivity index (χ1v) is 5.60. The molecule has 0 saturated heterocycles. The molecule has 1 aliphatic rings. The van der Waals surface area contributed by atoms with Gasteiger partial charge in [-0.15, -0.1) is 0 Å². The van der Waals surface area contributed by atoms with Crippen molar-refractivity contribution in [2.45, 2.75) is 44.8 Å². The lowest BCUT2D eigenvalue weighted by Gasteiger charge is -2.22. The Morgan fingerprint density at radius 3 is 2.73 bits per heavy atom. The maximum Gasteiger partial charge on any atom is 0.129 e. The van der Waals surface area contributed by atoms with Gasteiger partial charge in [0.25, 0.3) is 0 Å². The third-order valence-corrected chi connectivity index (χ3v) is 3.03. The van der Waals surface area contributed by atoms with Crippen molar-refractivity contribution in [3.8, 4) is 0 Å². The number of aryl methyl sites for hydroxylation is 1. The molecule has 2 N–H and O–H groups in total. The fourth-order valence-electron chi connectivity index (χ4n) is 2.14. The van der Waals surface area contributed by atoms with Crippen molar-refractivity contribution >= 4 is 0 Å². The first kappa shape index (κ1) is 10.7. The van der Waals surface area contributed by atoms with E-state index in [2.05, 4.69) is 0 Å². The highest BCUT2D eigenvalue weighted by atomic mass is 16.5. The molecule has 0 spiro atoms. The Morgan fingerprint density at radius 1 is 1.40 bits per heavy atom. The second-order valence-electron chi connectivity index (χ2n) is 4.57. The van der Waals surface area contributed by atoms with E-state index in [0.717, 1.165) is 24.4 Å². The first-order chi connectivity index (χ1) is 7.18. The summed E-state index contributed by atoms with van der Waals surface area (Å²) in [5.74, 6) is 1.81. The van der Waals surface area contributed by atoms with Crippen LogP contribution in [0, 0.1) is 6.92 Å². The Balaban J connectivity index is 1.75. The van der Waals surface area contributed by atoms with E-state index in [0.29, 0.717) is 13.2 Å². The molecule has 15 heavy (non-hydrogen) atoms. The number of hydrogen-bond acceptors (Lipinski definition) is 3. The maximum atomic E-state index is 6.17. The van der Waals surface area contributed by atoms with Gasteiger partial charge in [0.2, 0.25) is 0 Å². The van der Waals surface area contributed by atoms with Gasteiger partial charge in [0.15, 0.2) is 0 Å². The molecule has 0 unspecified atom stereocenters. The van der Waals surface area contributed by atoms with Crippen LogP contribution in [0.5, 0.6) is 0 Å². The van der Waals surface area contributed by atoms with Gasteiger partial charge >= 0.3 is 0 Å². The monoisotopic (exact) mass is 209 g/mol. The van der Waals surface area contributed by atoms with Gasteiger partial charge in [-0.1, -0.05) is 12.8 Å². The molecule has 1 saturated carbocycles. The van der Waals surface area contributed by atoms with Crippen LogP contribution in [-0.2, 0) is 11.3 Å². The molecular formula is C12H19NO2. The summed E-state index contributed by atoms with van der Waals surface area (Å²) >= 11 is 0. The van der Waals surface area contributed by atoms with Gasteiger partial charge in [-0.2, -0.15) is 0 Å². The minimum atomic E-state index is -0.0817. The maximum absolute atomic E-state index is 6.17. The minimum absolute atomic E-state index is 0.0817. The van der Waals surface area contributed by atoms with Crippen LogP contribution in [0.4, 0.5) is 0 Å². The standard InChI is InChI=1S/C12H19NO2/c1-10-4-5-11(15-10)8-14-9-12(13)6-2-3-7-12/h4-5H,2-3,6-9,13H2,1H3. The number of nitrogens with two attached hydrogens (primary N) is 1. The van der Waals surface area contributed by atoms with Gasteiger partial charge in [-0.05, 0) is 31.9 Å². The summed E-state index contributed by atoms with van der Waals surface area (Å²) in [5.41, 5.74) is 6.09. The molecule has 0 amide bonds. The quantitative estimate of drug-likeness (QED) is 0.828. The van der Waals surface area contributed by atoms with Gasteiger partial charge in [0.1, 0.15) is 18.1 Å². The van der Waals surface area contributed by atoms with Crippen molar-refractivity contribution in [2.75, 3.05) is 6.61 Å². The number of hydrogen-bond donors (Lipinski definition) is 1. The normalized spacial score (nSPS) is 19.6. The zero-order valence-electron chi connectivity index (χ0n) is 9.29. The van der Waals surface area contributed by atoms with Crippen LogP contribution in [0.2, 0.25) is 0 Å². The highest BCUT2D eigenvalue weighted by molar-refractivity contribution is 5.04. The highest BCUT2D eigenvalue weighted by Crippen LogP contribution is 2.27. The smallest absolute Gasteiger partial charge is 0.129 e. The molecule has 0 bridgehead atoms. The molecule has 3 heteroatoms. The lowest BCUT2D eigenvalue weighted by molar-refractivity contribution is 0.0642. The van der Waals surface area contributed by atoms with Gasteiger partial charge in [-0.25, -0.2) is 0 Å². The van der Waals surface area contributed by atoms with E-state index in [1.165, 1.54) is 12.8 Å². The summed E-state index contributed by atoms with van der Waals surface area (Å²) in [5, 5.41) is 0. The first-order valence-electron chi connectivity index (χ1n) is 5.60. The zero-order chi connectivity index (χ0) is 10.7. The van der Waals surface area contributed by atoms with Crippen LogP contribution >= 0.6 is 0 Å². The molecule has 2 rings (SSSR count). The van der Waals surface area contributed by atoms with Crippen molar-refractivity contribution in [3.05, 3.63) is 23.7 Å². The average molecular weight is 209 g/mol. The molecule has 1 heterocycles. The van der Waals surface area contributed by atoms with Crippen molar-refractivity contribution in [1.29, 1.82) is 0 Å². The minimum Gasteiger partial charge on any atom is -0.464 e. The summed E-state index contributed by atoms with van der Waals surface area (Å²) in [6.45, 7) is 3.12. The molecule has 0 aromatic carbocycles. The van der Waals surface area contributed by atoms with Gasteiger partial charge in [0, 0.05) is 5.54 Å². The summed E-state index contributed by atoms with van der Waals surface area (Å²) in [7, 11) is 0. The lowest BCUT2D eigenvalue weighted by Crippen LogP contribution is -2.41. The van der Waals surface area contributed by atoms with E-state index < -0.39 is 0 Å². The fraction of sp³-hybridized carbons (Fsp3) is 0.667. The summed E-state index contributed by atoms with van der Waals surface area (Å²) in [6.07, 6.45) is 4.65. The molecular weight excluding hydrogens is 190 g/mol. The van der Waals surface area contributed by atoms with Crippen LogP contribution in [0.15, 0.2) is 16.5 Å². The predicted octanol–water partition coefficient (Wildman–Crippen LogP) is 2.38. The molecule has 3 nitrogen and oxygen atoms in total. The molecule has 1 aromatic rings. The Hall–Kier alpha value is -0.800. The number of rotatable bonds is 4. The molecule has 1 aliphatic carbocycles. The van der Waals surface area contributed by atoms with Crippen LogP contribution in [0.25, 0.3) is 0 Å². The van der Waals surface area contributed by atoms with Gasteiger partial charge in [-0.3, -0.25) is 0 Å². The van der Waals surface area contributed by atoms with Crippen LogP contribution in [0.3, 0.4) is 0 Å². The van der Waals surface area contributed by atoms with Crippen molar-refractivity contribution < 1.29 is 9.15 Å². The summed E-state index contributed by atoms with van der Waals surface area (Å²) in [4.78, 5) is 0. The fourth-order valence-corrected chi connectivity index (χ4v) is 2.14. The Morgan fingerprint density at radius 2 is 2.13 bits per heavy atom. The zero-order valence-corrected chi connectivity index (χ0v) is 9.29. The molecule has 84 valence electrons. The molecule has 0 radical (unpaired) electrons. The van der Waals surface area contributed by atoms with Crippen LogP contribution in [-0.4, -0.2) is 12.1 Å². The summed E-state index contributed by atoms with van der Waals surface area (Å²) < 4.78 is 11.0. The predicted molar refractivity (Wildman–Crippen MR) is 58.5 cm³/mol. The molecule has 0 aliphatic heterocycles. The second-order valence-corrected chi connectivity index (χ2v) is 4.57. The van der Waals surface area contributed by atoms with Crippen molar-refractivity contribution in [3.63, 3.8) is 0 Å². The van der Waals surface area contributed by atoms with E-state index in [1.54, 1.807) is 0 Å². The van der Waals surface area contributed by atoms with Crippen molar-refractivity contribution in [1.82, 2.24) is 0 Å². The van der Waals surface area contributed by atoms with E-state index in [1.807, 2.05) is 19.1 Å². The van der Waals surface area contributed by atoms with E-state index in [-0.39, 0.29) is 5.54 Å². The van der Waals surface area contributed by atoms with Gasteiger partial charge < -0.3 is 14.9 Å². The lowest BCUT2D eigenvalue weighted by atomic mass is 10.0. The number of ether oxygens (including phenoxy) is 1. The van der Waals surface area contributed by atoms with E-state index >= 15 is 0 Å². The Kier molecular flexibility index (Phi) is 3.12. The van der Waals surface area contributed by atoms with Crippen molar-refractivity contribution in [2.24, 2.45) is 5.73 Å². The molecule has 0 atom stereocenters. The van der Waals surface area contributed by atoms with Crippen LogP contribution in [0.1, 0.15) is 37.2 Å². The molecule has 1 fully saturated rings.